The summed E-state index contributed by atoms with van der Waals surface area (Å²) in [4.78, 5) is 18.5. The Morgan fingerprint density at radius 1 is 1.37 bits per heavy atom. The largest absolute Gasteiger partial charge is 0.513 e. The molecule has 2 N–H and O–H groups in total. The Labute approximate surface area is 161 Å². The molecule has 3 rings (SSSR count). The fourth-order valence-corrected chi connectivity index (χ4v) is 3.91. The fraction of sp³-hybridized carbons (Fsp3) is 0.619. The van der Waals surface area contributed by atoms with E-state index in [-0.39, 0.29) is 12.1 Å². The predicted molar refractivity (Wildman–Crippen MR) is 106 cm³/mol. The van der Waals surface area contributed by atoms with Crippen LogP contribution in [-0.4, -0.2) is 34.4 Å². The van der Waals surface area contributed by atoms with Crippen LogP contribution in [-0.2, 0) is 4.74 Å². The third-order valence-electron chi connectivity index (χ3n) is 5.27. The summed E-state index contributed by atoms with van der Waals surface area (Å²) in [7, 11) is 0. The molecule has 0 aromatic carbocycles. The lowest BCUT2D eigenvalue weighted by molar-refractivity contribution is 0.0581. The Morgan fingerprint density at radius 2 is 2.15 bits per heavy atom. The third kappa shape index (κ3) is 4.80. The van der Waals surface area contributed by atoms with Crippen LogP contribution in [0.25, 0.3) is 0 Å². The van der Waals surface area contributed by atoms with Crippen molar-refractivity contribution in [2.24, 2.45) is 5.92 Å². The zero-order valence-electron chi connectivity index (χ0n) is 16.7. The van der Waals surface area contributed by atoms with Gasteiger partial charge in [0.1, 0.15) is 11.4 Å². The molecule has 0 spiro atoms. The van der Waals surface area contributed by atoms with E-state index in [9.17, 15) is 9.90 Å². The summed E-state index contributed by atoms with van der Waals surface area (Å²) in [6.45, 7) is 7.99. The molecular formula is C21H31N3O3. The van der Waals surface area contributed by atoms with Crippen LogP contribution in [0.15, 0.2) is 30.2 Å². The SMILES string of the molecule is CCN(C(=O)OC(C)(C)C)c1ccc(C2CCC3CC(O)=CC[C@@H]3N2)cn1. The number of aliphatic hydroxyl groups is 1. The molecule has 0 radical (unpaired) electrons. The molecule has 0 bridgehead atoms. The highest BCUT2D eigenvalue weighted by atomic mass is 16.6. The highest BCUT2D eigenvalue weighted by Crippen LogP contribution is 2.36. The molecule has 1 aromatic rings. The van der Waals surface area contributed by atoms with Gasteiger partial charge in [-0.15, -0.1) is 0 Å². The van der Waals surface area contributed by atoms with Crippen molar-refractivity contribution in [1.82, 2.24) is 10.3 Å². The molecule has 2 heterocycles. The minimum Gasteiger partial charge on any atom is -0.513 e. The third-order valence-corrected chi connectivity index (χ3v) is 5.27. The number of amides is 1. The summed E-state index contributed by atoms with van der Waals surface area (Å²) in [6.07, 6.45) is 7.19. The van der Waals surface area contributed by atoms with Gasteiger partial charge in [0.05, 0.1) is 5.76 Å². The number of pyridine rings is 1. The second-order valence-corrected chi connectivity index (χ2v) is 8.47. The van der Waals surface area contributed by atoms with Gasteiger partial charge in [-0.2, -0.15) is 0 Å². The number of anilines is 1. The molecule has 1 aliphatic carbocycles. The second kappa shape index (κ2) is 7.89. The molecule has 148 valence electrons. The minimum atomic E-state index is -0.532. The van der Waals surface area contributed by atoms with E-state index in [0.717, 1.165) is 31.2 Å². The van der Waals surface area contributed by atoms with Crippen molar-refractivity contribution in [1.29, 1.82) is 0 Å². The number of hydrogen-bond acceptors (Lipinski definition) is 5. The van der Waals surface area contributed by atoms with Gasteiger partial charge >= 0.3 is 6.09 Å². The quantitative estimate of drug-likeness (QED) is 0.817. The van der Waals surface area contributed by atoms with E-state index < -0.39 is 5.60 Å². The molecule has 1 amide bonds. The van der Waals surface area contributed by atoms with Crippen LogP contribution in [0.2, 0.25) is 0 Å². The number of aromatic nitrogens is 1. The van der Waals surface area contributed by atoms with E-state index in [0.29, 0.717) is 30.1 Å². The number of ether oxygens (including phenoxy) is 1. The lowest BCUT2D eigenvalue weighted by Gasteiger charge is -2.39. The Morgan fingerprint density at radius 3 is 2.78 bits per heavy atom. The molecular weight excluding hydrogens is 342 g/mol. The number of nitrogens with zero attached hydrogens (tertiary/aromatic N) is 2. The maximum Gasteiger partial charge on any atom is 0.415 e. The monoisotopic (exact) mass is 373 g/mol. The van der Waals surface area contributed by atoms with Crippen molar-refractivity contribution >= 4 is 11.9 Å². The number of nitrogens with one attached hydrogen (secondary N) is 1. The van der Waals surface area contributed by atoms with Crippen molar-refractivity contribution < 1.29 is 14.6 Å². The van der Waals surface area contributed by atoms with E-state index in [1.165, 1.54) is 0 Å². The van der Waals surface area contributed by atoms with Crippen molar-refractivity contribution in [3.63, 3.8) is 0 Å². The first-order valence-corrected chi connectivity index (χ1v) is 9.87. The zero-order chi connectivity index (χ0) is 19.6. The smallest absolute Gasteiger partial charge is 0.415 e. The van der Waals surface area contributed by atoms with E-state index >= 15 is 0 Å². The molecule has 3 atom stereocenters. The first kappa shape index (κ1) is 19.7. The highest BCUT2D eigenvalue weighted by molar-refractivity contribution is 5.86. The molecule has 1 aromatic heterocycles. The number of allylic oxidation sites excluding steroid dienone is 1. The molecule has 0 saturated carbocycles. The van der Waals surface area contributed by atoms with E-state index in [1.54, 1.807) is 4.90 Å². The molecule has 2 unspecified atom stereocenters. The summed E-state index contributed by atoms with van der Waals surface area (Å²) in [5.74, 6) is 1.65. The Hall–Kier alpha value is -2.08. The van der Waals surface area contributed by atoms with Gasteiger partial charge in [-0.1, -0.05) is 6.07 Å². The van der Waals surface area contributed by atoms with Crippen LogP contribution in [0.5, 0.6) is 0 Å². The van der Waals surface area contributed by atoms with Gasteiger partial charge in [0.2, 0.25) is 0 Å². The number of carbonyl (C=O) groups excluding carboxylic acids is 1. The molecule has 1 saturated heterocycles. The summed E-state index contributed by atoms with van der Waals surface area (Å²) >= 11 is 0. The fourth-order valence-electron chi connectivity index (χ4n) is 3.91. The molecule has 1 fully saturated rings. The van der Waals surface area contributed by atoms with Crippen LogP contribution in [0.3, 0.4) is 0 Å². The topological polar surface area (TPSA) is 74.7 Å². The lowest BCUT2D eigenvalue weighted by atomic mass is 9.79. The highest BCUT2D eigenvalue weighted by Gasteiger charge is 2.33. The van der Waals surface area contributed by atoms with Crippen LogP contribution in [0, 0.1) is 5.92 Å². The van der Waals surface area contributed by atoms with Crippen LogP contribution >= 0.6 is 0 Å². The maximum atomic E-state index is 12.4. The van der Waals surface area contributed by atoms with E-state index in [4.69, 9.17) is 4.74 Å². The van der Waals surface area contributed by atoms with Crippen molar-refractivity contribution in [2.45, 2.75) is 71.1 Å². The van der Waals surface area contributed by atoms with Gasteiger partial charge in [-0.3, -0.25) is 4.90 Å². The van der Waals surface area contributed by atoms with Crippen LogP contribution < -0.4 is 10.2 Å². The molecule has 6 heteroatoms. The normalized spacial score (nSPS) is 25.3. The number of carbonyl (C=O) groups is 1. The zero-order valence-corrected chi connectivity index (χ0v) is 16.7. The number of rotatable bonds is 3. The predicted octanol–water partition coefficient (Wildman–Crippen LogP) is 4.49. The number of piperidine rings is 1. The van der Waals surface area contributed by atoms with E-state index in [1.807, 2.05) is 52.1 Å². The minimum absolute atomic E-state index is 0.262. The molecule has 1 aliphatic heterocycles. The molecule has 2 aliphatic rings. The molecule has 6 nitrogen and oxygen atoms in total. The lowest BCUT2D eigenvalue weighted by Crippen LogP contribution is -2.44. The Kier molecular flexibility index (Phi) is 5.75. The summed E-state index contributed by atoms with van der Waals surface area (Å²) in [5, 5.41) is 13.4. The van der Waals surface area contributed by atoms with Gasteiger partial charge in [-0.05, 0) is 70.6 Å². The van der Waals surface area contributed by atoms with Crippen LogP contribution in [0.4, 0.5) is 10.6 Å². The summed E-state index contributed by atoms with van der Waals surface area (Å²) in [6, 6.07) is 4.61. The standard InChI is InChI=1S/C21H31N3O3/c1-5-24(20(26)27-21(2,3)4)19-11-7-15(13-22-19)18-9-6-14-12-16(25)8-10-17(14)23-18/h7-8,11,13-14,17-18,23,25H,5-6,9-10,12H2,1-4H3/t14?,17-,18?/m0/s1. The van der Waals surface area contributed by atoms with Crippen molar-refractivity contribution in [2.75, 3.05) is 11.4 Å². The maximum absolute atomic E-state index is 12.4. The van der Waals surface area contributed by atoms with Gasteiger partial charge in [0.25, 0.3) is 0 Å². The Bertz CT molecular complexity index is 694. The summed E-state index contributed by atoms with van der Waals surface area (Å²) < 4.78 is 5.47. The number of hydrogen-bond donors (Lipinski definition) is 2. The average molecular weight is 373 g/mol. The van der Waals surface area contributed by atoms with Crippen molar-refractivity contribution in [3.05, 3.63) is 35.7 Å². The Balaban J connectivity index is 1.67. The first-order chi connectivity index (χ1) is 12.8. The van der Waals surface area contributed by atoms with Crippen LogP contribution in [0.1, 0.15) is 65.0 Å². The van der Waals surface area contributed by atoms with Gasteiger partial charge < -0.3 is 15.2 Å². The van der Waals surface area contributed by atoms with Gasteiger partial charge in [0, 0.05) is 31.2 Å². The molecule has 27 heavy (non-hydrogen) atoms. The van der Waals surface area contributed by atoms with Gasteiger partial charge in [0.15, 0.2) is 0 Å². The summed E-state index contributed by atoms with van der Waals surface area (Å²) in [5.41, 5.74) is 0.604. The number of aliphatic hydroxyl groups excluding tert-OH is 1. The van der Waals surface area contributed by atoms with E-state index in [2.05, 4.69) is 10.3 Å². The first-order valence-electron chi connectivity index (χ1n) is 9.87. The second-order valence-electron chi connectivity index (χ2n) is 8.47. The van der Waals surface area contributed by atoms with Crippen molar-refractivity contribution in [3.8, 4) is 0 Å². The number of fused-ring (bicyclic) bond motifs is 1. The van der Waals surface area contributed by atoms with Gasteiger partial charge in [-0.25, -0.2) is 9.78 Å². The average Bonchev–Trinajstić information content (AvgIpc) is 2.61.